The van der Waals surface area contributed by atoms with Gasteiger partial charge in [-0.05, 0) is 25.2 Å². The van der Waals surface area contributed by atoms with E-state index in [2.05, 4.69) is 6.92 Å². The van der Waals surface area contributed by atoms with E-state index >= 15 is 0 Å². The summed E-state index contributed by atoms with van der Waals surface area (Å²) in [6, 6.07) is -0.773. The number of primary amides is 1. The van der Waals surface area contributed by atoms with Crippen molar-refractivity contribution in [3.05, 3.63) is 0 Å². The predicted octanol–water partition coefficient (Wildman–Crippen LogP) is 0.650. The van der Waals surface area contributed by atoms with Gasteiger partial charge in [-0.3, -0.25) is 9.59 Å². The number of halogens is 1. The maximum atomic E-state index is 12.0. The Kier molecular flexibility index (Phi) is 7.95. The van der Waals surface area contributed by atoms with Gasteiger partial charge in [0, 0.05) is 13.1 Å². The van der Waals surface area contributed by atoms with Crippen molar-refractivity contribution in [3.8, 4) is 0 Å². The van der Waals surface area contributed by atoms with Crippen LogP contribution in [-0.4, -0.2) is 35.8 Å². The molecule has 0 bridgehead atoms. The molecule has 106 valence electrons. The summed E-state index contributed by atoms with van der Waals surface area (Å²) in [4.78, 5) is 24.5. The number of likely N-dealkylation sites (tertiary alicyclic amines) is 1. The summed E-state index contributed by atoms with van der Waals surface area (Å²) >= 11 is 0. The maximum Gasteiger partial charge on any atom is 0.240 e. The average molecular weight is 278 g/mol. The Balaban J connectivity index is 0.00000289. The first-order chi connectivity index (χ1) is 8.04. The largest absolute Gasteiger partial charge is 0.370 e. The van der Waals surface area contributed by atoms with Crippen molar-refractivity contribution in [1.82, 2.24) is 4.90 Å². The lowest BCUT2D eigenvalue weighted by Gasteiger charge is -2.23. The van der Waals surface area contributed by atoms with E-state index in [1.165, 1.54) is 6.42 Å². The molecule has 0 spiro atoms. The van der Waals surface area contributed by atoms with Gasteiger partial charge in [-0.1, -0.05) is 13.3 Å². The second-order valence-corrected chi connectivity index (χ2v) is 4.81. The number of nitrogens with two attached hydrogens (primary N) is 2. The van der Waals surface area contributed by atoms with E-state index in [1.807, 2.05) is 0 Å². The minimum absolute atomic E-state index is 0. The third-order valence-corrected chi connectivity index (χ3v) is 3.47. The summed E-state index contributed by atoms with van der Waals surface area (Å²) in [7, 11) is 0. The van der Waals surface area contributed by atoms with Crippen LogP contribution in [0.3, 0.4) is 0 Å². The standard InChI is InChI=1S/C12H23N3O2.ClH/c1-2-9-4-3-6-15(7-5-9)12(17)10(13)8-11(14)16;/h9-10H,2-8,13H2,1H3,(H2,14,16);1H. The van der Waals surface area contributed by atoms with Crippen molar-refractivity contribution in [2.24, 2.45) is 17.4 Å². The molecule has 4 N–H and O–H groups in total. The number of rotatable bonds is 4. The summed E-state index contributed by atoms with van der Waals surface area (Å²) in [6.45, 7) is 3.69. The van der Waals surface area contributed by atoms with Crippen LogP contribution < -0.4 is 11.5 Å². The fourth-order valence-electron chi connectivity index (χ4n) is 2.33. The molecule has 1 saturated heterocycles. The van der Waals surface area contributed by atoms with Crippen molar-refractivity contribution in [1.29, 1.82) is 0 Å². The maximum absolute atomic E-state index is 12.0. The summed E-state index contributed by atoms with van der Waals surface area (Å²) in [5.41, 5.74) is 10.7. The highest BCUT2D eigenvalue weighted by atomic mass is 35.5. The first-order valence-electron chi connectivity index (χ1n) is 6.37. The molecule has 1 aliphatic rings. The van der Waals surface area contributed by atoms with E-state index in [9.17, 15) is 9.59 Å². The molecule has 1 rings (SSSR count). The van der Waals surface area contributed by atoms with Gasteiger partial charge in [-0.15, -0.1) is 12.4 Å². The molecule has 2 atom stereocenters. The van der Waals surface area contributed by atoms with Gasteiger partial charge in [0.15, 0.2) is 0 Å². The third kappa shape index (κ3) is 5.23. The normalized spacial score (nSPS) is 21.7. The van der Waals surface area contributed by atoms with Crippen LogP contribution in [0.25, 0.3) is 0 Å². The second kappa shape index (κ2) is 8.32. The molecule has 0 aromatic heterocycles. The third-order valence-electron chi connectivity index (χ3n) is 3.47. The molecule has 2 unspecified atom stereocenters. The number of hydrogen-bond donors (Lipinski definition) is 2. The summed E-state index contributed by atoms with van der Waals surface area (Å²) in [5.74, 6) is 0.0489. The van der Waals surface area contributed by atoms with Crippen molar-refractivity contribution >= 4 is 24.2 Å². The highest BCUT2D eigenvalue weighted by Gasteiger charge is 2.24. The van der Waals surface area contributed by atoms with E-state index in [-0.39, 0.29) is 24.7 Å². The first-order valence-corrected chi connectivity index (χ1v) is 6.37. The minimum atomic E-state index is -0.773. The lowest BCUT2D eigenvalue weighted by Crippen LogP contribution is -2.46. The van der Waals surface area contributed by atoms with Gasteiger partial charge >= 0.3 is 0 Å². The van der Waals surface area contributed by atoms with Gasteiger partial charge in [-0.25, -0.2) is 0 Å². The molecule has 0 aliphatic carbocycles. The second-order valence-electron chi connectivity index (χ2n) is 4.81. The highest BCUT2D eigenvalue weighted by molar-refractivity contribution is 5.87. The van der Waals surface area contributed by atoms with Crippen molar-refractivity contribution in [3.63, 3.8) is 0 Å². The summed E-state index contributed by atoms with van der Waals surface area (Å²) in [5, 5.41) is 0. The van der Waals surface area contributed by atoms with Crippen LogP contribution in [0.15, 0.2) is 0 Å². The quantitative estimate of drug-likeness (QED) is 0.791. The van der Waals surface area contributed by atoms with Crippen LogP contribution in [0.4, 0.5) is 0 Å². The fourth-order valence-corrected chi connectivity index (χ4v) is 2.33. The number of amides is 2. The number of nitrogens with zero attached hydrogens (tertiary/aromatic N) is 1. The van der Waals surface area contributed by atoms with Crippen LogP contribution >= 0.6 is 12.4 Å². The zero-order valence-corrected chi connectivity index (χ0v) is 11.7. The zero-order valence-electron chi connectivity index (χ0n) is 10.9. The minimum Gasteiger partial charge on any atom is -0.370 e. The van der Waals surface area contributed by atoms with Crippen LogP contribution in [-0.2, 0) is 9.59 Å². The Bertz CT molecular complexity index is 286. The van der Waals surface area contributed by atoms with Gasteiger partial charge in [0.05, 0.1) is 12.5 Å². The molecule has 1 heterocycles. The molecular weight excluding hydrogens is 254 g/mol. The molecule has 0 saturated carbocycles. The van der Waals surface area contributed by atoms with Gasteiger partial charge in [0.2, 0.25) is 11.8 Å². The van der Waals surface area contributed by atoms with E-state index < -0.39 is 11.9 Å². The fraction of sp³-hybridized carbons (Fsp3) is 0.833. The predicted molar refractivity (Wildman–Crippen MR) is 73.2 cm³/mol. The van der Waals surface area contributed by atoms with Crippen molar-refractivity contribution < 1.29 is 9.59 Å². The van der Waals surface area contributed by atoms with Gasteiger partial charge in [0.1, 0.15) is 0 Å². The van der Waals surface area contributed by atoms with Gasteiger partial charge < -0.3 is 16.4 Å². The molecule has 0 aromatic carbocycles. The van der Waals surface area contributed by atoms with Crippen molar-refractivity contribution in [2.45, 2.75) is 45.1 Å². The topological polar surface area (TPSA) is 89.4 Å². The van der Waals surface area contributed by atoms with Gasteiger partial charge in [-0.2, -0.15) is 0 Å². The van der Waals surface area contributed by atoms with E-state index in [0.717, 1.165) is 32.4 Å². The molecule has 0 radical (unpaired) electrons. The summed E-state index contributed by atoms with van der Waals surface area (Å²) in [6.07, 6.45) is 4.33. The number of carbonyl (C=O) groups excluding carboxylic acids is 2. The zero-order chi connectivity index (χ0) is 12.8. The Morgan fingerprint density at radius 2 is 2.00 bits per heavy atom. The smallest absolute Gasteiger partial charge is 0.240 e. The number of carbonyl (C=O) groups is 2. The van der Waals surface area contributed by atoms with E-state index in [1.54, 1.807) is 4.90 Å². The Morgan fingerprint density at radius 1 is 1.33 bits per heavy atom. The van der Waals surface area contributed by atoms with E-state index in [0.29, 0.717) is 5.92 Å². The average Bonchev–Trinajstić information content (AvgIpc) is 2.52. The van der Waals surface area contributed by atoms with Gasteiger partial charge in [0.25, 0.3) is 0 Å². The first kappa shape index (κ1) is 17.2. The van der Waals surface area contributed by atoms with Crippen LogP contribution in [0.5, 0.6) is 0 Å². The molecule has 0 aromatic rings. The SMILES string of the molecule is CCC1CCCN(C(=O)C(N)CC(N)=O)CC1.Cl. The molecule has 1 fully saturated rings. The van der Waals surface area contributed by atoms with Crippen LogP contribution in [0, 0.1) is 5.92 Å². The molecule has 6 heteroatoms. The van der Waals surface area contributed by atoms with Crippen LogP contribution in [0.1, 0.15) is 39.0 Å². The van der Waals surface area contributed by atoms with E-state index in [4.69, 9.17) is 11.5 Å². The molecule has 1 aliphatic heterocycles. The Labute approximate surface area is 115 Å². The number of hydrogen-bond acceptors (Lipinski definition) is 3. The monoisotopic (exact) mass is 277 g/mol. The molecular formula is C12H24ClN3O2. The lowest BCUT2D eigenvalue weighted by molar-refractivity contribution is -0.134. The summed E-state index contributed by atoms with van der Waals surface area (Å²) < 4.78 is 0. The highest BCUT2D eigenvalue weighted by Crippen LogP contribution is 2.20. The Morgan fingerprint density at radius 3 is 2.56 bits per heavy atom. The molecule has 5 nitrogen and oxygen atoms in total. The molecule has 18 heavy (non-hydrogen) atoms. The Hall–Kier alpha value is -0.810. The van der Waals surface area contributed by atoms with Crippen molar-refractivity contribution in [2.75, 3.05) is 13.1 Å². The van der Waals surface area contributed by atoms with Crippen LogP contribution in [0.2, 0.25) is 0 Å². The molecule has 2 amide bonds. The lowest BCUT2D eigenvalue weighted by atomic mass is 9.98.